The number of ether oxygens (including phenoxy) is 2. The molecule has 1 saturated carbocycles. The van der Waals surface area contributed by atoms with Gasteiger partial charge in [0.25, 0.3) is 0 Å². The zero-order valence-electron chi connectivity index (χ0n) is 22.7. The summed E-state index contributed by atoms with van der Waals surface area (Å²) in [5, 5.41) is 17.4. The lowest BCUT2D eigenvalue weighted by atomic mass is 9.49. The number of aromatic nitrogens is 1. The number of likely N-dealkylation sites (tertiary alicyclic amines) is 1. The molecule has 2 bridgehead atoms. The third-order valence-electron chi connectivity index (χ3n) is 11.7. The molecule has 1 saturated heterocycles. The molecule has 3 heterocycles. The first kappa shape index (κ1) is 21.8. The van der Waals surface area contributed by atoms with Crippen LogP contribution in [0, 0.1) is 5.92 Å². The van der Waals surface area contributed by atoms with Crippen molar-refractivity contribution in [1.29, 1.82) is 0 Å². The van der Waals surface area contributed by atoms with Gasteiger partial charge in [-0.2, -0.15) is 0 Å². The first-order valence-electron chi connectivity index (χ1n) is 14.9. The molecule has 4 aliphatic carbocycles. The minimum Gasteiger partial charge on any atom is -0.493 e. The summed E-state index contributed by atoms with van der Waals surface area (Å²) in [4.78, 5) is 2.66. The van der Waals surface area contributed by atoms with Crippen molar-refractivity contribution >= 4 is 21.7 Å². The first-order chi connectivity index (χ1) is 19.0. The van der Waals surface area contributed by atoms with E-state index >= 15 is 0 Å². The molecule has 2 unspecified atom stereocenters. The van der Waals surface area contributed by atoms with Crippen molar-refractivity contribution in [3.63, 3.8) is 0 Å². The highest BCUT2D eigenvalue weighted by Crippen LogP contribution is 2.69. The van der Waals surface area contributed by atoms with Gasteiger partial charge in [0.1, 0.15) is 0 Å². The zero-order valence-corrected chi connectivity index (χ0v) is 22.7. The van der Waals surface area contributed by atoms with Crippen molar-refractivity contribution < 1.29 is 14.6 Å². The van der Waals surface area contributed by atoms with Crippen LogP contribution in [0.4, 0.5) is 0 Å². The highest BCUT2D eigenvalue weighted by Gasteiger charge is 2.73. The normalized spacial score (nSPS) is 31.5. The van der Waals surface area contributed by atoms with Crippen LogP contribution in [0.1, 0.15) is 58.9 Å². The molecule has 2 aliphatic heterocycles. The largest absolute Gasteiger partial charge is 0.493 e. The smallest absolute Gasteiger partial charge is 0.166 e. The number of aliphatic hydroxyl groups is 1. The SMILES string of the molecule is COc1ccc2c3c1OC1c4c(c5cc6c7c(cccc7c5n4C)CC6)CC4(O)[C@@H](C2)N(CC2CC2)CC[C@]314. The van der Waals surface area contributed by atoms with Crippen molar-refractivity contribution in [3.05, 3.63) is 69.9 Å². The summed E-state index contributed by atoms with van der Waals surface area (Å²) in [6.45, 7) is 2.14. The van der Waals surface area contributed by atoms with E-state index in [9.17, 15) is 5.11 Å². The molecule has 0 radical (unpaired) electrons. The van der Waals surface area contributed by atoms with E-state index in [-0.39, 0.29) is 12.1 Å². The van der Waals surface area contributed by atoms with E-state index in [1.165, 1.54) is 68.0 Å². The maximum absolute atomic E-state index is 13.3. The molecule has 4 aromatic rings. The van der Waals surface area contributed by atoms with Crippen LogP contribution in [0.5, 0.6) is 11.5 Å². The summed E-state index contributed by atoms with van der Waals surface area (Å²) in [7, 11) is 3.97. The van der Waals surface area contributed by atoms with Gasteiger partial charge in [-0.15, -0.1) is 0 Å². The van der Waals surface area contributed by atoms with E-state index in [2.05, 4.69) is 52.9 Å². The number of benzene rings is 3. The Hall–Kier alpha value is -3.02. The average Bonchev–Trinajstić information content (AvgIpc) is 3.45. The summed E-state index contributed by atoms with van der Waals surface area (Å²) in [6, 6.07) is 13.7. The highest BCUT2D eigenvalue weighted by molar-refractivity contribution is 6.11. The molecule has 5 heteroatoms. The number of hydrogen-bond acceptors (Lipinski definition) is 4. The number of piperidine rings is 1. The quantitative estimate of drug-likeness (QED) is 0.408. The van der Waals surface area contributed by atoms with E-state index in [0.29, 0.717) is 6.42 Å². The number of hydrogen-bond donors (Lipinski definition) is 1. The van der Waals surface area contributed by atoms with Crippen LogP contribution in [0.3, 0.4) is 0 Å². The Morgan fingerprint density at radius 3 is 2.79 bits per heavy atom. The standard InChI is InChI=1S/C34H34N2O3/c1-35-29-22-5-3-4-19-8-9-20(27(19)22)14-23(29)24-16-34(37)26-15-21-10-11-25(38-2)31-28(21)33(34,32(39-31)30(24)35)12-13-36(26)17-18-6-7-18/h3-5,10-11,14,18,26,32,37H,6-9,12-13,15-17H2,1-2H3/t26-,32?,33+,34?/m1/s1. The van der Waals surface area contributed by atoms with E-state index < -0.39 is 11.0 Å². The molecule has 3 aromatic carbocycles. The fourth-order valence-corrected chi connectivity index (χ4v) is 9.96. The van der Waals surface area contributed by atoms with E-state index in [1.807, 2.05) is 0 Å². The Kier molecular flexibility index (Phi) is 3.80. The number of methoxy groups -OCH3 is 1. The van der Waals surface area contributed by atoms with Crippen LogP contribution < -0.4 is 9.47 Å². The third-order valence-corrected chi connectivity index (χ3v) is 11.7. The maximum atomic E-state index is 13.3. The number of rotatable bonds is 3. The average molecular weight is 519 g/mol. The Morgan fingerprint density at radius 1 is 1.08 bits per heavy atom. The van der Waals surface area contributed by atoms with Crippen LogP contribution >= 0.6 is 0 Å². The van der Waals surface area contributed by atoms with Gasteiger partial charge in [0.2, 0.25) is 0 Å². The molecule has 10 rings (SSSR count). The van der Waals surface area contributed by atoms with Crippen LogP contribution in [-0.2, 0) is 38.1 Å². The van der Waals surface area contributed by atoms with E-state index in [4.69, 9.17) is 9.47 Å². The molecule has 1 spiro atoms. The predicted molar refractivity (Wildman–Crippen MR) is 151 cm³/mol. The third kappa shape index (κ3) is 2.32. The van der Waals surface area contributed by atoms with Gasteiger partial charge in [-0.1, -0.05) is 24.3 Å². The van der Waals surface area contributed by atoms with Crippen molar-refractivity contribution in [3.8, 4) is 11.5 Å². The highest BCUT2D eigenvalue weighted by atomic mass is 16.5. The molecule has 1 N–H and O–H groups in total. The number of aryl methyl sites for hydroxylation is 3. The minimum atomic E-state index is -0.881. The molecule has 2 fully saturated rings. The molecule has 39 heavy (non-hydrogen) atoms. The Balaban J connectivity index is 1.29. The first-order valence-corrected chi connectivity index (χ1v) is 14.9. The molecular weight excluding hydrogens is 484 g/mol. The lowest BCUT2D eigenvalue weighted by Gasteiger charge is -2.63. The van der Waals surface area contributed by atoms with E-state index in [0.717, 1.165) is 56.2 Å². The maximum Gasteiger partial charge on any atom is 0.166 e. The molecule has 4 atom stereocenters. The van der Waals surface area contributed by atoms with Crippen LogP contribution in [0.2, 0.25) is 0 Å². The second kappa shape index (κ2) is 6.82. The predicted octanol–water partition coefficient (Wildman–Crippen LogP) is 5.14. The van der Waals surface area contributed by atoms with Gasteiger partial charge in [-0.05, 0) is 90.8 Å². The van der Waals surface area contributed by atoms with Gasteiger partial charge in [0, 0.05) is 42.4 Å². The van der Waals surface area contributed by atoms with Gasteiger partial charge in [0.05, 0.1) is 29.3 Å². The molecule has 6 aliphatic rings. The minimum absolute atomic E-state index is 0.107. The lowest BCUT2D eigenvalue weighted by molar-refractivity contribution is -0.173. The summed E-state index contributed by atoms with van der Waals surface area (Å²) in [5.74, 6) is 2.47. The van der Waals surface area contributed by atoms with Crippen LogP contribution in [0.15, 0.2) is 36.4 Å². The summed E-state index contributed by atoms with van der Waals surface area (Å²) >= 11 is 0. The summed E-state index contributed by atoms with van der Waals surface area (Å²) in [6.07, 6.45) is 7.17. The molecule has 1 aromatic heterocycles. The number of nitrogens with zero attached hydrogens (tertiary/aromatic N) is 2. The van der Waals surface area contributed by atoms with Crippen molar-refractivity contribution in [2.24, 2.45) is 13.0 Å². The molecular formula is C34H34N2O3. The molecule has 0 amide bonds. The van der Waals surface area contributed by atoms with Gasteiger partial charge in [-0.25, -0.2) is 0 Å². The van der Waals surface area contributed by atoms with Crippen molar-refractivity contribution in [2.75, 3.05) is 20.2 Å². The van der Waals surface area contributed by atoms with Crippen LogP contribution in [-0.4, -0.2) is 46.4 Å². The fourth-order valence-electron chi connectivity index (χ4n) is 9.96. The van der Waals surface area contributed by atoms with Crippen molar-refractivity contribution in [1.82, 2.24) is 9.47 Å². The van der Waals surface area contributed by atoms with Gasteiger partial charge >= 0.3 is 0 Å². The lowest BCUT2D eigenvalue weighted by Crippen LogP contribution is -2.74. The fraction of sp³-hybridized carbons (Fsp3) is 0.471. The topological polar surface area (TPSA) is 46.9 Å². The van der Waals surface area contributed by atoms with Gasteiger partial charge < -0.3 is 19.1 Å². The van der Waals surface area contributed by atoms with Gasteiger partial charge in [-0.3, -0.25) is 4.90 Å². The van der Waals surface area contributed by atoms with Gasteiger partial charge in [0.15, 0.2) is 17.6 Å². The Labute approximate surface area is 228 Å². The Bertz CT molecular complexity index is 1780. The van der Waals surface area contributed by atoms with Crippen molar-refractivity contribution in [2.45, 2.75) is 68.1 Å². The monoisotopic (exact) mass is 518 g/mol. The Morgan fingerprint density at radius 2 is 1.95 bits per heavy atom. The van der Waals surface area contributed by atoms with E-state index in [1.54, 1.807) is 7.11 Å². The van der Waals surface area contributed by atoms with Crippen LogP contribution in [0.25, 0.3) is 21.7 Å². The zero-order chi connectivity index (χ0) is 25.8. The molecule has 5 nitrogen and oxygen atoms in total. The number of fused-ring (bicyclic) bond motifs is 5. The second-order valence-corrected chi connectivity index (χ2v) is 13.3. The summed E-state index contributed by atoms with van der Waals surface area (Å²) in [5.41, 5.74) is 8.06. The molecule has 198 valence electrons. The summed E-state index contributed by atoms with van der Waals surface area (Å²) < 4.78 is 15.4. The second-order valence-electron chi connectivity index (χ2n) is 13.3.